The highest BCUT2D eigenvalue weighted by Crippen LogP contribution is 2.36. The van der Waals surface area contributed by atoms with E-state index < -0.39 is 44.7 Å². The number of carbonyl (C=O) groups is 1. The van der Waals surface area contributed by atoms with Gasteiger partial charge < -0.3 is 14.8 Å². The topological polar surface area (TPSA) is 128 Å². The van der Waals surface area contributed by atoms with Gasteiger partial charge in [-0.15, -0.1) is 13.2 Å². The van der Waals surface area contributed by atoms with E-state index in [-0.39, 0.29) is 23.5 Å². The maximum Gasteiger partial charge on any atom is 0.573 e. The molecule has 14 heteroatoms. The van der Waals surface area contributed by atoms with Gasteiger partial charge in [-0.3, -0.25) is 19.2 Å². The molecule has 2 rings (SSSR count). The number of ether oxygens (including phenoxy) is 2. The molecular weight excluding hydrogens is 471 g/mol. The summed E-state index contributed by atoms with van der Waals surface area (Å²) < 4.78 is 71.7. The Morgan fingerprint density at radius 1 is 1.21 bits per heavy atom. The summed E-state index contributed by atoms with van der Waals surface area (Å²) in [4.78, 5) is 23.4. The number of amides is 1. The second-order valence-electron chi connectivity index (χ2n) is 6.66. The van der Waals surface area contributed by atoms with Crippen LogP contribution in [0.5, 0.6) is 11.5 Å². The van der Waals surface area contributed by atoms with Crippen LogP contribution in [0.25, 0.3) is 0 Å². The summed E-state index contributed by atoms with van der Waals surface area (Å²) in [5, 5.41) is 13.6. The standard InChI is InChI=1S/C19H20F3N3O7S/c1-4-15(18(26)23-12-5-8-14(9-6-12)32-19(20,21)22)24(33(3,29)30)16-11-13(25(27)28)7-10-17(16)31-2/h5-11,15H,4H2,1-3H3,(H,23,26)/t15-/m0/s1. The van der Waals surface area contributed by atoms with Gasteiger partial charge in [0.15, 0.2) is 0 Å². The average Bonchev–Trinajstić information content (AvgIpc) is 2.70. The molecule has 0 spiro atoms. The minimum absolute atomic E-state index is 0.0223. The normalized spacial score (nSPS) is 12.5. The van der Waals surface area contributed by atoms with Crippen LogP contribution in [-0.2, 0) is 14.8 Å². The second kappa shape index (κ2) is 9.94. The van der Waals surface area contributed by atoms with Crippen molar-refractivity contribution in [3.05, 3.63) is 52.6 Å². The van der Waals surface area contributed by atoms with E-state index in [4.69, 9.17) is 4.74 Å². The molecule has 1 N–H and O–H groups in total. The predicted octanol–water partition coefficient (Wildman–Crippen LogP) is 3.69. The molecule has 180 valence electrons. The van der Waals surface area contributed by atoms with Gasteiger partial charge in [0.05, 0.1) is 18.3 Å². The molecule has 0 heterocycles. The molecule has 2 aromatic carbocycles. The number of rotatable bonds is 9. The summed E-state index contributed by atoms with van der Waals surface area (Å²) in [6, 6.07) is 6.17. The van der Waals surface area contributed by atoms with Crippen LogP contribution in [0, 0.1) is 10.1 Å². The van der Waals surface area contributed by atoms with Crippen molar-refractivity contribution in [3.8, 4) is 11.5 Å². The molecule has 0 aliphatic heterocycles. The van der Waals surface area contributed by atoms with Crippen LogP contribution in [0.1, 0.15) is 13.3 Å². The van der Waals surface area contributed by atoms with Crippen LogP contribution in [0.2, 0.25) is 0 Å². The minimum atomic E-state index is -4.88. The van der Waals surface area contributed by atoms with Gasteiger partial charge in [-0.05, 0) is 36.8 Å². The maximum atomic E-state index is 12.9. The van der Waals surface area contributed by atoms with E-state index in [2.05, 4.69) is 10.1 Å². The lowest BCUT2D eigenvalue weighted by molar-refractivity contribution is -0.384. The number of methoxy groups -OCH3 is 1. The summed E-state index contributed by atoms with van der Waals surface area (Å²) in [6.07, 6.45) is -4.10. The SMILES string of the molecule is CC[C@@H](C(=O)Nc1ccc(OC(F)(F)F)cc1)N(c1cc([N+](=O)[O-])ccc1OC)S(C)(=O)=O. The first-order valence-electron chi connectivity index (χ1n) is 9.25. The zero-order valence-corrected chi connectivity index (χ0v) is 18.4. The van der Waals surface area contributed by atoms with Crippen molar-refractivity contribution in [1.82, 2.24) is 0 Å². The van der Waals surface area contributed by atoms with E-state index in [1.165, 1.54) is 20.1 Å². The van der Waals surface area contributed by atoms with Crippen LogP contribution in [0.4, 0.5) is 30.2 Å². The molecule has 1 amide bonds. The number of nitrogens with one attached hydrogen (secondary N) is 1. The van der Waals surface area contributed by atoms with Gasteiger partial charge in [-0.25, -0.2) is 8.42 Å². The molecule has 0 saturated heterocycles. The predicted molar refractivity (Wildman–Crippen MR) is 113 cm³/mol. The highest BCUT2D eigenvalue weighted by atomic mass is 32.2. The van der Waals surface area contributed by atoms with E-state index in [1.807, 2.05) is 0 Å². The number of anilines is 2. The number of hydrogen-bond donors (Lipinski definition) is 1. The lowest BCUT2D eigenvalue weighted by Gasteiger charge is -2.30. The summed E-state index contributed by atoms with van der Waals surface area (Å²) in [5.74, 6) is -1.35. The van der Waals surface area contributed by atoms with E-state index in [1.54, 1.807) is 0 Å². The number of non-ortho nitro benzene ring substituents is 1. The number of carbonyl (C=O) groups excluding carboxylic acids is 1. The van der Waals surface area contributed by atoms with E-state index >= 15 is 0 Å². The smallest absolute Gasteiger partial charge is 0.495 e. The molecular formula is C19H20F3N3O7S. The maximum absolute atomic E-state index is 12.9. The first kappa shape index (κ1) is 25.7. The lowest BCUT2D eigenvalue weighted by atomic mass is 10.1. The van der Waals surface area contributed by atoms with Gasteiger partial charge in [0, 0.05) is 17.8 Å². The molecule has 0 aliphatic rings. The Morgan fingerprint density at radius 3 is 2.27 bits per heavy atom. The molecule has 0 radical (unpaired) electrons. The van der Waals surface area contributed by atoms with E-state index in [0.717, 1.165) is 42.7 Å². The summed E-state index contributed by atoms with van der Waals surface area (Å²) in [7, 11) is -2.91. The molecule has 2 aromatic rings. The number of alkyl halides is 3. The lowest BCUT2D eigenvalue weighted by Crippen LogP contribution is -2.47. The number of halogens is 3. The van der Waals surface area contributed by atoms with Gasteiger partial charge in [-0.2, -0.15) is 0 Å². The third-order valence-corrected chi connectivity index (χ3v) is 5.46. The first-order chi connectivity index (χ1) is 15.3. The van der Waals surface area contributed by atoms with Crippen LogP contribution in [-0.4, -0.2) is 45.0 Å². The zero-order valence-electron chi connectivity index (χ0n) is 17.6. The third-order valence-electron chi connectivity index (χ3n) is 4.30. The highest BCUT2D eigenvalue weighted by Gasteiger charge is 2.35. The summed E-state index contributed by atoms with van der Waals surface area (Å²) >= 11 is 0. The molecule has 33 heavy (non-hydrogen) atoms. The Morgan fingerprint density at radius 2 is 1.82 bits per heavy atom. The fourth-order valence-electron chi connectivity index (χ4n) is 2.97. The fraction of sp³-hybridized carbons (Fsp3) is 0.316. The molecule has 10 nitrogen and oxygen atoms in total. The van der Waals surface area contributed by atoms with Crippen LogP contribution < -0.4 is 19.1 Å². The Balaban J connectivity index is 2.41. The van der Waals surface area contributed by atoms with Gasteiger partial charge in [0.2, 0.25) is 15.9 Å². The Bertz CT molecular complexity index is 1120. The Hall–Kier alpha value is -3.55. The van der Waals surface area contributed by atoms with Crippen molar-refractivity contribution in [1.29, 1.82) is 0 Å². The van der Waals surface area contributed by atoms with Crippen molar-refractivity contribution in [2.24, 2.45) is 0 Å². The first-order valence-corrected chi connectivity index (χ1v) is 11.1. The molecule has 0 aromatic heterocycles. The zero-order chi connectivity index (χ0) is 25.0. The van der Waals surface area contributed by atoms with Crippen LogP contribution >= 0.6 is 0 Å². The van der Waals surface area contributed by atoms with Gasteiger partial charge in [-0.1, -0.05) is 6.92 Å². The molecule has 0 aliphatic carbocycles. The average molecular weight is 491 g/mol. The summed E-state index contributed by atoms with van der Waals surface area (Å²) in [5.41, 5.74) is -0.562. The second-order valence-corrected chi connectivity index (χ2v) is 8.52. The monoisotopic (exact) mass is 491 g/mol. The van der Waals surface area contributed by atoms with Crippen LogP contribution in [0.3, 0.4) is 0 Å². The molecule has 0 fully saturated rings. The third kappa shape index (κ3) is 6.71. The number of hydrogen-bond acceptors (Lipinski definition) is 7. The number of nitro groups is 1. The molecule has 1 atom stereocenters. The van der Waals surface area contributed by atoms with Gasteiger partial charge in [0.1, 0.15) is 23.2 Å². The highest BCUT2D eigenvalue weighted by molar-refractivity contribution is 7.92. The van der Waals surface area contributed by atoms with Crippen molar-refractivity contribution in [2.45, 2.75) is 25.7 Å². The van der Waals surface area contributed by atoms with Crippen LogP contribution in [0.15, 0.2) is 42.5 Å². The Labute approximate surface area is 187 Å². The van der Waals surface area contributed by atoms with Crippen molar-refractivity contribution >= 4 is 33.0 Å². The van der Waals surface area contributed by atoms with Crippen molar-refractivity contribution < 1.29 is 40.8 Å². The quantitative estimate of drug-likeness (QED) is 0.419. The Kier molecular flexibility index (Phi) is 7.74. The number of sulfonamides is 1. The van der Waals surface area contributed by atoms with Crippen molar-refractivity contribution in [2.75, 3.05) is 23.0 Å². The summed E-state index contributed by atoms with van der Waals surface area (Å²) in [6.45, 7) is 1.52. The van der Waals surface area contributed by atoms with E-state index in [0.29, 0.717) is 4.31 Å². The molecule has 0 saturated carbocycles. The fourth-order valence-corrected chi connectivity index (χ4v) is 4.17. The minimum Gasteiger partial charge on any atom is -0.495 e. The number of benzene rings is 2. The van der Waals surface area contributed by atoms with Gasteiger partial charge in [0.25, 0.3) is 5.69 Å². The number of nitrogens with zero attached hydrogens (tertiary/aromatic N) is 2. The van der Waals surface area contributed by atoms with Crippen molar-refractivity contribution in [3.63, 3.8) is 0 Å². The molecule has 0 unspecified atom stereocenters. The van der Waals surface area contributed by atoms with Gasteiger partial charge >= 0.3 is 6.36 Å². The molecule has 0 bridgehead atoms. The number of nitro benzene ring substituents is 1. The largest absolute Gasteiger partial charge is 0.573 e. The van der Waals surface area contributed by atoms with E-state index in [9.17, 15) is 36.5 Å².